The van der Waals surface area contributed by atoms with Crippen LogP contribution >= 0.6 is 12.2 Å². The van der Waals surface area contributed by atoms with Gasteiger partial charge in [-0.3, -0.25) is 5.43 Å². The highest BCUT2D eigenvalue weighted by Gasteiger charge is 2.11. The van der Waals surface area contributed by atoms with Gasteiger partial charge in [-0.15, -0.1) is 0 Å². The van der Waals surface area contributed by atoms with Crippen molar-refractivity contribution in [3.8, 4) is 5.75 Å². The van der Waals surface area contributed by atoms with Gasteiger partial charge in [-0.2, -0.15) is 9.49 Å². The van der Waals surface area contributed by atoms with Gasteiger partial charge in [0.15, 0.2) is 16.7 Å². The highest BCUT2D eigenvalue weighted by molar-refractivity contribution is 7.80. The van der Waals surface area contributed by atoms with Crippen LogP contribution in [0.15, 0.2) is 17.2 Å². The van der Waals surface area contributed by atoms with Crippen LogP contribution in [-0.4, -0.2) is 17.9 Å². The molecule has 0 amide bonds. The largest absolute Gasteiger partial charge is 0.490 e. The maximum Gasteiger partial charge on any atom is 0.200 e. The second-order valence-corrected chi connectivity index (χ2v) is 4.19. The summed E-state index contributed by atoms with van der Waals surface area (Å²) in [5.74, 6) is -2.13. The molecule has 0 bridgehead atoms. The summed E-state index contributed by atoms with van der Waals surface area (Å²) in [4.78, 5) is 0. The summed E-state index contributed by atoms with van der Waals surface area (Å²) in [7, 11) is 0. The van der Waals surface area contributed by atoms with Gasteiger partial charge in [-0.25, -0.2) is 4.39 Å². The lowest BCUT2D eigenvalue weighted by Crippen LogP contribution is -2.24. The Morgan fingerprint density at radius 1 is 1.53 bits per heavy atom. The molecule has 0 heterocycles. The van der Waals surface area contributed by atoms with Gasteiger partial charge in [0, 0.05) is 5.56 Å². The van der Waals surface area contributed by atoms with Crippen molar-refractivity contribution < 1.29 is 13.5 Å². The second kappa shape index (κ2) is 7.63. The third-order valence-corrected chi connectivity index (χ3v) is 2.25. The smallest absolute Gasteiger partial charge is 0.200 e. The van der Waals surface area contributed by atoms with Crippen LogP contribution in [0.2, 0.25) is 0 Å². The first-order chi connectivity index (χ1) is 9.04. The molecule has 104 valence electrons. The summed E-state index contributed by atoms with van der Waals surface area (Å²) < 4.78 is 32.0. The molecule has 0 saturated carbocycles. The molecule has 0 aromatic heterocycles. The first kappa shape index (κ1) is 15.3. The summed E-state index contributed by atoms with van der Waals surface area (Å²) in [6.45, 7) is 2.31. The monoisotopic (exact) mass is 287 g/mol. The van der Waals surface area contributed by atoms with Gasteiger partial charge in [0.2, 0.25) is 5.82 Å². The summed E-state index contributed by atoms with van der Waals surface area (Å²) in [6, 6.07) is 2.37. The SMILES string of the molecule is CCCCOc1cc(C=NNC(N)=S)cc(F)c1F. The van der Waals surface area contributed by atoms with Crippen molar-refractivity contribution in [1.29, 1.82) is 0 Å². The third kappa shape index (κ3) is 5.17. The van der Waals surface area contributed by atoms with E-state index in [0.717, 1.165) is 18.9 Å². The van der Waals surface area contributed by atoms with E-state index in [-0.39, 0.29) is 10.9 Å². The van der Waals surface area contributed by atoms with Gasteiger partial charge in [0.05, 0.1) is 12.8 Å². The molecule has 1 aromatic rings. The number of nitrogens with zero attached hydrogens (tertiary/aromatic N) is 1. The minimum Gasteiger partial charge on any atom is -0.490 e. The Hall–Kier alpha value is -1.76. The van der Waals surface area contributed by atoms with Crippen LogP contribution in [0.1, 0.15) is 25.3 Å². The average Bonchev–Trinajstić information content (AvgIpc) is 2.34. The van der Waals surface area contributed by atoms with Crippen molar-refractivity contribution in [3.05, 3.63) is 29.3 Å². The number of unbranched alkanes of at least 4 members (excludes halogenated alkanes) is 1. The first-order valence-corrected chi connectivity index (χ1v) is 6.15. The molecule has 0 radical (unpaired) electrons. The number of halogens is 2. The van der Waals surface area contributed by atoms with Crippen LogP contribution in [0.5, 0.6) is 5.75 Å². The van der Waals surface area contributed by atoms with Crippen LogP contribution in [0.25, 0.3) is 0 Å². The van der Waals surface area contributed by atoms with Crippen LogP contribution in [0, 0.1) is 11.6 Å². The van der Waals surface area contributed by atoms with E-state index in [1.54, 1.807) is 0 Å². The Bertz CT molecular complexity index is 480. The Morgan fingerprint density at radius 2 is 2.26 bits per heavy atom. The van der Waals surface area contributed by atoms with E-state index in [1.807, 2.05) is 6.92 Å². The van der Waals surface area contributed by atoms with E-state index in [4.69, 9.17) is 10.5 Å². The lowest BCUT2D eigenvalue weighted by atomic mass is 10.2. The molecule has 0 spiro atoms. The van der Waals surface area contributed by atoms with Gasteiger partial charge < -0.3 is 10.5 Å². The van der Waals surface area contributed by atoms with Crippen molar-refractivity contribution in [1.82, 2.24) is 5.43 Å². The number of nitrogens with two attached hydrogens (primary N) is 1. The van der Waals surface area contributed by atoms with Crippen LogP contribution < -0.4 is 15.9 Å². The van der Waals surface area contributed by atoms with Crippen LogP contribution in [-0.2, 0) is 0 Å². The molecule has 3 N–H and O–H groups in total. The summed E-state index contributed by atoms with van der Waals surface area (Å²) >= 11 is 4.55. The fraction of sp³-hybridized carbons (Fsp3) is 0.333. The third-order valence-electron chi connectivity index (χ3n) is 2.16. The van der Waals surface area contributed by atoms with Crippen molar-refractivity contribution in [2.24, 2.45) is 10.8 Å². The fourth-order valence-electron chi connectivity index (χ4n) is 1.26. The molecule has 0 aliphatic carbocycles. The van der Waals surface area contributed by atoms with Crippen LogP contribution in [0.3, 0.4) is 0 Å². The molecule has 0 aliphatic rings. The van der Waals surface area contributed by atoms with Gasteiger partial charge in [0.25, 0.3) is 0 Å². The van der Waals surface area contributed by atoms with E-state index >= 15 is 0 Å². The maximum absolute atomic E-state index is 13.5. The van der Waals surface area contributed by atoms with E-state index in [2.05, 4.69) is 22.7 Å². The quantitative estimate of drug-likeness (QED) is 0.365. The second-order valence-electron chi connectivity index (χ2n) is 3.75. The Morgan fingerprint density at radius 3 is 2.89 bits per heavy atom. The predicted octanol–water partition coefficient (Wildman–Crippen LogP) is 2.31. The number of nitrogens with one attached hydrogen (secondary N) is 1. The summed E-state index contributed by atoms with van der Waals surface area (Å²) in [5.41, 5.74) is 7.83. The predicted molar refractivity (Wildman–Crippen MR) is 74.3 cm³/mol. The Labute approximate surface area is 115 Å². The molecule has 1 aromatic carbocycles. The molecular weight excluding hydrogens is 272 g/mol. The number of rotatable bonds is 6. The first-order valence-electron chi connectivity index (χ1n) is 5.75. The molecule has 7 heteroatoms. The Kier molecular flexibility index (Phi) is 6.14. The van der Waals surface area contributed by atoms with Gasteiger partial charge in [0.1, 0.15) is 0 Å². The van der Waals surface area contributed by atoms with Crippen LogP contribution in [0.4, 0.5) is 8.78 Å². The minimum absolute atomic E-state index is 0.0155. The fourth-order valence-corrected chi connectivity index (χ4v) is 1.31. The zero-order valence-electron chi connectivity index (χ0n) is 10.5. The number of hydrogen-bond donors (Lipinski definition) is 2. The molecule has 0 fully saturated rings. The van der Waals surface area contributed by atoms with E-state index < -0.39 is 11.6 Å². The highest BCUT2D eigenvalue weighted by Crippen LogP contribution is 2.21. The summed E-state index contributed by atoms with van der Waals surface area (Å²) in [5, 5.41) is 3.65. The zero-order chi connectivity index (χ0) is 14.3. The molecule has 1 rings (SSSR count). The molecule has 0 aliphatic heterocycles. The molecular formula is C12H15F2N3OS. The molecule has 0 saturated heterocycles. The highest BCUT2D eigenvalue weighted by atomic mass is 32.1. The lowest BCUT2D eigenvalue weighted by molar-refractivity contribution is 0.288. The van der Waals surface area contributed by atoms with Crippen molar-refractivity contribution in [2.75, 3.05) is 6.61 Å². The lowest BCUT2D eigenvalue weighted by Gasteiger charge is -2.08. The topological polar surface area (TPSA) is 59.6 Å². The molecule has 0 atom stereocenters. The standard InChI is InChI=1S/C12H15F2N3OS/c1-2-3-4-18-10-6-8(5-9(13)11(10)14)7-16-17-12(15)19/h5-7H,2-4H2,1H3,(H3,15,17,19). The minimum atomic E-state index is -1.00. The summed E-state index contributed by atoms with van der Waals surface area (Å²) in [6.07, 6.45) is 2.94. The number of thiocarbonyl (C=S) groups is 1. The van der Waals surface area contributed by atoms with Gasteiger partial charge in [-0.1, -0.05) is 13.3 Å². The van der Waals surface area contributed by atoms with E-state index in [9.17, 15) is 8.78 Å². The van der Waals surface area contributed by atoms with E-state index in [1.165, 1.54) is 12.3 Å². The molecule has 4 nitrogen and oxygen atoms in total. The van der Waals surface area contributed by atoms with Crippen molar-refractivity contribution >= 4 is 23.5 Å². The Balaban J connectivity index is 2.83. The zero-order valence-corrected chi connectivity index (χ0v) is 11.3. The average molecular weight is 287 g/mol. The van der Waals surface area contributed by atoms with E-state index in [0.29, 0.717) is 12.2 Å². The normalized spacial score (nSPS) is 10.7. The number of benzene rings is 1. The molecule has 0 unspecified atom stereocenters. The van der Waals surface area contributed by atoms with Crippen molar-refractivity contribution in [2.45, 2.75) is 19.8 Å². The number of ether oxygens (including phenoxy) is 1. The van der Waals surface area contributed by atoms with Crippen molar-refractivity contribution in [3.63, 3.8) is 0 Å². The number of hydrazone groups is 1. The molecule has 19 heavy (non-hydrogen) atoms. The van der Waals surface area contributed by atoms with Gasteiger partial charge >= 0.3 is 0 Å². The number of hydrogen-bond acceptors (Lipinski definition) is 3. The van der Waals surface area contributed by atoms with Gasteiger partial charge in [-0.05, 0) is 30.8 Å². The maximum atomic E-state index is 13.5.